The van der Waals surface area contributed by atoms with Gasteiger partial charge in [0.1, 0.15) is 5.82 Å². The molecule has 122 valence electrons. The van der Waals surface area contributed by atoms with E-state index in [0.717, 1.165) is 11.4 Å². The monoisotopic (exact) mass is 335 g/mol. The quantitative estimate of drug-likeness (QED) is 0.861. The van der Waals surface area contributed by atoms with Crippen molar-refractivity contribution in [3.63, 3.8) is 0 Å². The third kappa shape index (κ3) is 2.90. The van der Waals surface area contributed by atoms with Crippen LogP contribution in [0.3, 0.4) is 0 Å². The van der Waals surface area contributed by atoms with Gasteiger partial charge in [0.25, 0.3) is 0 Å². The molecule has 0 spiro atoms. The minimum absolute atomic E-state index is 0.213. The second-order valence-electron chi connectivity index (χ2n) is 6.24. The van der Waals surface area contributed by atoms with E-state index in [2.05, 4.69) is 5.10 Å². The van der Waals surface area contributed by atoms with Crippen LogP contribution in [0.25, 0.3) is 0 Å². The first-order valence-electron chi connectivity index (χ1n) is 7.81. The Morgan fingerprint density at radius 3 is 2.74 bits per heavy atom. The van der Waals surface area contributed by atoms with Crippen LogP contribution in [0.15, 0.2) is 30.3 Å². The van der Waals surface area contributed by atoms with Crippen molar-refractivity contribution in [2.45, 2.75) is 37.6 Å². The molecule has 0 bridgehead atoms. The third-order valence-corrected chi connectivity index (χ3v) is 6.24. The van der Waals surface area contributed by atoms with Crippen molar-refractivity contribution in [2.24, 2.45) is 0 Å². The topological polar surface area (TPSA) is 55.2 Å². The lowest BCUT2D eigenvalue weighted by molar-refractivity contribution is 0.325. The fourth-order valence-corrected chi connectivity index (χ4v) is 4.48. The number of sulfonamides is 1. The highest BCUT2D eigenvalue weighted by molar-refractivity contribution is 7.88. The van der Waals surface area contributed by atoms with Gasteiger partial charge in [0, 0.05) is 18.0 Å². The van der Waals surface area contributed by atoms with Crippen LogP contribution in [-0.4, -0.2) is 29.0 Å². The molecule has 4 rings (SSSR count). The van der Waals surface area contributed by atoms with Crippen LogP contribution in [0.4, 0.5) is 4.39 Å². The molecule has 2 aliphatic rings. The van der Waals surface area contributed by atoms with E-state index in [-0.39, 0.29) is 11.3 Å². The molecule has 0 atom stereocenters. The van der Waals surface area contributed by atoms with Crippen LogP contribution < -0.4 is 0 Å². The standard InChI is InChI=1S/C16H18FN3O2S/c17-15-4-2-1-3-13(15)11-23(21,22)19-7-8-20-14(10-19)9-16(18-20)12-5-6-12/h1-4,9,12H,5-8,10-11H2. The summed E-state index contributed by atoms with van der Waals surface area (Å²) in [5.41, 5.74) is 2.22. The fraction of sp³-hybridized carbons (Fsp3) is 0.438. The van der Waals surface area contributed by atoms with Gasteiger partial charge >= 0.3 is 0 Å². The summed E-state index contributed by atoms with van der Waals surface area (Å²) in [6, 6.07) is 8.04. The zero-order chi connectivity index (χ0) is 16.0. The predicted molar refractivity (Wildman–Crippen MR) is 83.6 cm³/mol. The smallest absolute Gasteiger partial charge is 0.218 e. The number of nitrogens with zero attached hydrogens (tertiary/aromatic N) is 3. The highest BCUT2D eigenvalue weighted by Crippen LogP contribution is 2.39. The Bertz CT molecular complexity index is 843. The van der Waals surface area contributed by atoms with Crippen molar-refractivity contribution in [2.75, 3.05) is 6.54 Å². The fourth-order valence-electron chi connectivity index (χ4n) is 2.98. The number of benzene rings is 1. The zero-order valence-corrected chi connectivity index (χ0v) is 13.5. The molecule has 2 heterocycles. The van der Waals surface area contributed by atoms with Gasteiger partial charge in [0.15, 0.2) is 0 Å². The molecule has 1 fully saturated rings. The molecule has 1 aliphatic carbocycles. The maximum atomic E-state index is 13.7. The molecule has 0 unspecified atom stereocenters. The number of hydrogen-bond donors (Lipinski definition) is 0. The van der Waals surface area contributed by atoms with Crippen LogP contribution in [0.2, 0.25) is 0 Å². The molecule has 0 radical (unpaired) electrons. The lowest BCUT2D eigenvalue weighted by atomic mass is 10.2. The van der Waals surface area contributed by atoms with Crippen molar-refractivity contribution in [1.29, 1.82) is 0 Å². The third-order valence-electron chi connectivity index (χ3n) is 4.47. The Hall–Kier alpha value is -1.73. The van der Waals surface area contributed by atoms with E-state index in [9.17, 15) is 12.8 Å². The van der Waals surface area contributed by atoms with E-state index >= 15 is 0 Å². The molecule has 1 saturated carbocycles. The van der Waals surface area contributed by atoms with Gasteiger partial charge in [-0.15, -0.1) is 0 Å². The summed E-state index contributed by atoms with van der Waals surface area (Å²) < 4.78 is 42.3. The molecule has 1 aliphatic heterocycles. The summed E-state index contributed by atoms with van der Waals surface area (Å²) in [7, 11) is -3.54. The first-order valence-corrected chi connectivity index (χ1v) is 9.42. The normalized spacial score (nSPS) is 18.8. The molecule has 0 N–H and O–H groups in total. The zero-order valence-electron chi connectivity index (χ0n) is 12.7. The van der Waals surface area contributed by atoms with Gasteiger partial charge in [-0.2, -0.15) is 9.40 Å². The maximum absolute atomic E-state index is 13.7. The Labute approximate surface area is 134 Å². The predicted octanol–water partition coefficient (Wildman–Crippen LogP) is 2.25. The lowest BCUT2D eigenvalue weighted by Gasteiger charge is -2.27. The summed E-state index contributed by atoms with van der Waals surface area (Å²) in [6.45, 7) is 1.25. The van der Waals surface area contributed by atoms with Gasteiger partial charge < -0.3 is 0 Å². The van der Waals surface area contributed by atoms with E-state index < -0.39 is 15.8 Å². The molecule has 23 heavy (non-hydrogen) atoms. The minimum atomic E-state index is -3.54. The number of fused-ring (bicyclic) bond motifs is 1. The summed E-state index contributed by atoms with van der Waals surface area (Å²) in [4.78, 5) is 0. The molecule has 0 saturated heterocycles. The summed E-state index contributed by atoms with van der Waals surface area (Å²) in [5.74, 6) is -0.228. The van der Waals surface area contributed by atoms with Gasteiger partial charge in [-0.1, -0.05) is 18.2 Å². The molecule has 0 amide bonds. The second kappa shape index (κ2) is 5.42. The molecule has 2 aromatic rings. The van der Waals surface area contributed by atoms with Crippen molar-refractivity contribution in [1.82, 2.24) is 14.1 Å². The molecule has 7 heteroatoms. The maximum Gasteiger partial charge on any atom is 0.218 e. The number of aromatic nitrogens is 2. The van der Waals surface area contributed by atoms with E-state index in [1.165, 1.54) is 29.3 Å². The van der Waals surface area contributed by atoms with Gasteiger partial charge in [-0.05, 0) is 25.0 Å². The SMILES string of the molecule is O=S(=O)(Cc1ccccc1F)N1CCn2nc(C3CC3)cc2C1. The average Bonchev–Trinajstić information content (AvgIpc) is 3.28. The molecule has 1 aromatic carbocycles. The van der Waals surface area contributed by atoms with Gasteiger partial charge in [-0.3, -0.25) is 4.68 Å². The van der Waals surface area contributed by atoms with Gasteiger partial charge in [0.2, 0.25) is 10.0 Å². The average molecular weight is 335 g/mol. The van der Waals surface area contributed by atoms with E-state index in [4.69, 9.17) is 0 Å². The Morgan fingerprint density at radius 1 is 1.22 bits per heavy atom. The molecule has 1 aromatic heterocycles. The van der Waals surface area contributed by atoms with Crippen LogP contribution in [0.1, 0.15) is 35.7 Å². The first kappa shape index (κ1) is 14.8. The molecular formula is C16H18FN3O2S. The van der Waals surface area contributed by atoms with Gasteiger partial charge in [-0.25, -0.2) is 12.8 Å². The molecule has 5 nitrogen and oxygen atoms in total. The molecular weight excluding hydrogens is 317 g/mol. The number of hydrogen-bond acceptors (Lipinski definition) is 3. The highest BCUT2D eigenvalue weighted by atomic mass is 32.2. The summed E-state index contributed by atoms with van der Waals surface area (Å²) in [5, 5.41) is 4.56. The first-order chi connectivity index (χ1) is 11.0. The van der Waals surface area contributed by atoms with E-state index in [1.54, 1.807) is 12.1 Å². The largest absolute Gasteiger partial charge is 0.267 e. The number of rotatable bonds is 4. The van der Waals surface area contributed by atoms with Crippen molar-refractivity contribution < 1.29 is 12.8 Å². The van der Waals surface area contributed by atoms with Crippen molar-refractivity contribution in [3.05, 3.63) is 53.1 Å². The van der Waals surface area contributed by atoms with Crippen molar-refractivity contribution in [3.8, 4) is 0 Å². The van der Waals surface area contributed by atoms with E-state index in [0.29, 0.717) is 25.6 Å². The van der Waals surface area contributed by atoms with Crippen LogP contribution in [0.5, 0.6) is 0 Å². The Kier molecular flexibility index (Phi) is 3.50. The van der Waals surface area contributed by atoms with Crippen LogP contribution in [0, 0.1) is 5.82 Å². The highest BCUT2D eigenvalue weighted by Gasteiger charge is 2.32. The van der Waals surface area contributed by atoms with Crippen molar-refractivity contribution >= 4 is 10.0 Å². The Balaban J connectivity index is 1.54. The van der Waals surface area contributed by atoms with Crippen LogP contribution in [-0.2, 0) is 28.9 Å². The van der Waals surface area contributed by atoms with E-state index in [1.807, 2.05) is 10.7 Å². The second-order valence-corrected chi connectivity index (χ2v) is 8.21. The van der Waals surface area contributed by atoms with Gasteiger partial charge in [0.05, 0.1) is 30.2 Å². The number of halogens is 1. The summed E-state index contributed by atoms with van der Waals surface area (Å²) >= 11 is 0. The minimum Gasteiger partial charge on any atom is -0.267 e. The lowest BCUT2D eigenvalue weighted by Crippen LogP contribution is -2.39. The summed E-state index contributed by atoms with van der Waals surface area (Å²) in [6.07, 6.45) is 2.34. The van der Waals surface area contributed by atoms with Crippen LogP contribution >= 0.6 is 0 Å². The Morgan fingerprint density at radius 2 is 2.00 bits per heavy atom.